The Labute approximate surface area is 224 Å². The van der Waals surface area contributed by atoms with Gasteiger partial charge >= 0.3 is 6.03 Å². The normalized spacial score (nSPS) is 25.8. The third kappa shape index (κ3) is 5.49. The molecule has 3 atom stereocenters. The van der Waals surface area contributed by atoms with E-state index < -0.39 is 5.82 Å². The summed E-state index contributed by atoms with van der Waals surface area (Å²) in [5.41, 5.74) is 2.65. The van der Waals surface area contributed by atoms with Crippen molar-refractivity contribution >= 4 is 23.3 Å². The Kier molecular flexibility index (Phi) is 7.47. The zero-order valence-corrected chi connectivity index (χ0v) is 22.5. The molecule has 37 heavy (non-hydrogen) atoms. The number of halogens is 2. The molecule has 2 amide bonds. The first kappa shape index (κ1) is 26.0. The van der Waals surface area contributed by atoms with E-state index in [1.54, 1.807) is 6.07 Å². The fourth-order valence-electron chi connectivity index (χ4n) is 6.64. The molecular formula is C30H36ClFN4O. The molecule has 1 heterocycles. The van der Waals surface area contributed by atoms with Gasteiger partial charge in [0, 0.05) is 24.3 Å². The summed E-state index contributed by atoms with van der Waals surface area (Å²) in [6.07, 6.45) is 6.23. The van der Waals surface area contributed by atoms with Crippen molar-refractivity contribution in [2.45, 2.75) is 69.9 Å². The lowest BCUT2D eigenvalue weighted by Crippen LogP contribution is -2.49. The first-order valence-electron chi connectivity index (χ1n) is 13.6. The predicted molar refractivity (Wildman–Crippen MR) is 145 cm³/mol. The van der Waals surface area contributed by atoms with Crippen LogP contribution >= 0.6 is 11.6 Å². The van der Waals surface area contributed by atoms with E-state index in [9.17, 15) is 14.4 Å². The number of carbonyl (C=O) groups is 1. The maximum atomic E-state index is 13.7. The summed E-state index contributed by atoms with van der Waals surface area (Å²) in [6.45, 7) is 7.35. The van der Waals surface area contributed by atoms with E-state index in [2.05, 4.69) is 41.1 Å². The first-order valence-corrected chi connectivity index (χ1v) is 13.9. The number of carbonyl (C=O) groups excluding carboxylic acids is 1. The number of urea groups is 1. The Morgan fingerprint density at radius 1 is 1.24 bits per heavy atom. The number of hydrogen-bond donors (Lipinski definition) is 1. The molecule has 0 spiro atoms. The Balaban J connectivity index is 1.30. The first-order chi connectivity index (χ1) is 17.8. The van der Waals surface area contributed by atoms with Crippen molar-refractivity contribution in [3.05, 3.63) is 64.4 Å². The molecule has 3 fully saturated rings. The minimum atomic E-state index is -0.494. The number of anilines is 1. The quantitative estimate of drug-likeness (QED) is 0.453. The minimum Gasteiger partial charge on any atom is -0.321 e. The van der Waals surface area contributed by atoms with Crippen LogP contribution in [0.3, 0.4) is 0 Å². The van der Waals surface area contributed by atoms with E-state index >= 15 is 0 Å². The van der Waals surface area contributed by atoms with Crippen molar-refractivity contribution < 1.29 is 9.18 Å². The summed E-state index contributed by atoms with van der Waals surface area (Å²) >= 11 is 5.98. The fourth-order valence-corrected chi connectivity index (χ4v) is 6.82. The van der Waals surface area contributed by atoms with Gasteiger partial charge in [-0.2, -0.15) is 5.26 Å². The number of likely N-dealkylation sites (tertiary alicyclic amines) is 1. The Morgan fingerprint density at radius 3 is 2.70 bits per heavy atom. The summed E-state index contributed by atoms with van der Waals surface area (Å²) in [5.74, 6) is 0.501. The molecule has 1 saturated heterocycles. The van der Waals surface area contributed by atoms with Crippen LogP contribution in [0.25, 0.3) is 0 Å². The molecule has 2 unspecified atom stereocenters. The van der Waals surface area contributed by atoms with Crippen LogP contribution in [0.2, 0.25) is 5.02 Å². The topological polar surface area (TPSA) is 59.4 Å². The van der Waals surface area contributed by atoms with Crippen molar-refractivity contribution in [1.82, 2.24) is 9.80 Å². The van der Waals surface area contributed by atoms with Gasteiger partial charge in [-0.05, 0) is 119 Å². The van der Waals surface area contributed by atoms with Gasteiger partial charge in [0.05, 0.1) is 16.7 Å². The average molecular weight is 523 g/mol. The van der Waals surface area contributed by atoms with Crippen LogP contribution in [0.4, 0.5) is 14.9 Å². The second-order valence-corrected chi connectivity index (χ2v) is 11.9. The zero-order valence-electron chi connectivity index (χ0n) is 21.7. The second kappa shape index (κ2) is 10.6. The molecule has 0 radical (unpaired) electrons. The summed E-state index contributed by atoms with van der Waals surface area (Å²) in [4.78, 5) is 18.2. The molecular weight excluding hydrogens is 487 g/mol. The number of nitrogens with zero attached hydrogens (tertiary/aromatic N) is 3. The van der Waals surface area contributed by atoms with Crippen LogP contribution < -0.4 is 5.32 Å². The number of amides is 2. The van der Waals surface area contributed by atoms with Gasteiger partial charge in [0.25, 0.3) is 0 Å². The third-order valence-electron chi connectivity index (χ3n) is 8.99. The van der Waals surface area contributed by atoms with E-state index in [0.717, 1.165) is 58.2 Å². The van der Waals surface area contributed by atoms with Crippen LogP contribution in [-0.4, -0.2) is 47.5 Å². The van der Waals surface area contributed by atoms with Crippen molar-refractivity contribution in [3.63, 3.8) is 0 Å². The van der Waals surface area contributed by atoms with Crippen LogP contribution in [0.15, 0.2) is 42.5 Å². The van der Waals surface area contributed by atoms with Crippen molar-refractivity contribution in [3.8, 4) is 6.07 Å². The van der Waals surface area contributed by atoms with E-state index in [-0.39, 0.29) is 22.5 Å². The number of rotatable bonds is 6. The molecule has 0 bridgehead atoms. The maximum absolute atomic E-state index is 13.7. The highest BCUT2D eigenvalue weighted by atomic mass is 35.5. The van der Waals surface area contributed by atoms with Crippen LogP contribution in [0.5, 0.6) is 0 Å². The second-order valence-electron chi connectivity index (χ2n) is 11.5. The molecule has 2 aromatic rings. The number of piperidine rings is 1. The Morgan fingerprint density at radius 2 is 2.03 bits per heavy atom. The fraction of sp³-hybridized carbons (Fsp3) is 0.533. The van der Waals surface area contributed by atoms with Gasteiger partial charge < -0.3 is 15.1 Å². The third-order valence-corrected chi connectivity index (χ3v) is 9.28. The SMILES string of the molecule is CC(C)N1CCC(CN(C(=O)Nc2ccc(F)c(Cl)c2)C2CC[C@]3(c4cccc(C#N)c4)CC3C2)CC1. The highest BCUT2D eigenvalue weighted by Gasteiger charge is 2.58. The van der Waals surface area contributed by atoms with Gasteiger partial charge in [-0.3, -0.25) is 0 Å². The van der Waals surface area contributed by atoms with Crippen molar-refractivity contribution in [2.75, 3.05) is 25.0 Å². The number of nitrogens with one attached hydrogen (secondary N) is 1. The van der Waals surface area contributed by atoms with Crippen molar-refractivity contribution in [2.24, 2.45) is 11.8 Å². The lowest BCUT2D eigenvalue weighted by Gasteiger charge is -2.41. The van der Waals surface area contributed by atoms with E-state index in [1.807, 2.05) is 18.2 Å². The molecule has 1 N–H and O–H groups in total. The monoisotopic (exact) mass is 522 g/mol. The highest BCUT2D eigenvalue weighted by Crippen LogP contribution is 2.63. The average Bonchev–Trinajstić information content (AvgIpc) is 3.65. The molecule has 3 aliphatic rings. The molecule has 2 aliphatic carbocycles. The number of fused-ring (bicyclic) bond motifs is 1. The molecule has 7 heteroatoms. The minimum absolute atomic E-state index is 0.00503. The highest BCUT2D eigenvalue weighted by molar-refractivity contribution is 6.31. The van der Waals surface area contributed by atoms with Crippen molar-refractivity contribution in [1.29, 1.82) is 5.26 Å². The molecule has 5 nitrogen and oxygen atoms in total. The lowest BCUT2D eigenvalue weighted by molar-refractivity contribution is 0.105. The summed E-state index contributed by atoms with van der Waals surface area (Å²) < 4.78 is 13.7. The van der Waals surface area contributed by atoms with Gasteiger partial charge in [0.1, 0.15) is 5.82 Å². The lowest BCUT2D eigenvalue weighted by atomic mass is 9.79. The van der Waals surface area contributed by atoms with E-state index in [1.165, 1.54) is 17.7 Å². The molecule has 2 aromatic carbocycles. The standard InChI is InChI=1S/C30H36ClFN4O/c1-20(2)35-12-9-21(10-13-35)19-36(29(37)34-25-6-7-28(32)27(31)16-25)26-8-11-30(17-24(30)15-26)23-5-3-4-22(14-23)18-33/h3-7,14,16,20-21,24,26H,8-13,15,17,19H2,1-2H3,(H,34,37)/t24?,26?,30-/m1/s1. The van der Waals surface area contributed by atoms with Gasteiger partial charge in [-0.15, -0.1) is 0 Å². The molecule has 196 valence electrons. The van der Waals surface area contributed by atoms with Gasteiger partial charge in [-0.1, -0.05) is 23.7 Å². The number of nitriles is 1. The van der Waals surface area contributed by atoms with E-state index in [4.69, 9.17) is 11.6 Å². The Bertz CT molecular complexity index is 1190. The van der Waals surface area contributed by atoms with E-state index in [0.29, 0.717) is 29.1 Å². The van der Waals surface area contributed by atoms with Crippen LogP contribution in [0.1, 0.15) is 63.5 Å². The number of benzene rings is 2. The molecule has 2 saturated carbocycles. The summed E-state index contributed by atoms with van der Waals surface area (Å²) in [5, 5.41) is 12.4. The van der Waals surface area contributed by atoms with Gasteiger partial charge in [0.15, 0.2) is 0 Å². The number of hydrogen-bond acceptors (Lipinski definition) is 3. The van der Waals surface area contributed by atoms with Gasteiger partial charge in [-0.25, -0.2) is 9.18 Å². The Hall–Kier alpha value is -2.62. The molecule has 5 rings (SSSR count). The van der Waals surface area contributed by atoms with Gasteiger partial charge in [0.2, 0.25) is 0 Å². The zero-order chi connectivity index (χ0) is 26.2. The molecule has 0 aromatic heterocycles. The summed E-state index contributed by atoms with van der Waals surface area (Å²) in [6, 6.07) is 15.2. The molecule has 1 aliphatic heterocycles. The van der Waals surface area contributed by atoms with Crippen LogP contribution in [-0.2, 0) is 5.41 Å². The summed E-state index contributed by atoms with van der Waals surface area (Å²) in [7, 11) is 0. The smallest absolute Gasteiger partial charge is 0.321 e. The maximum Gasteiger partial charge on any atom is 0.322 e. The predicted octanol–water partition coefficient (Wildman–Crippen LogP) is 6.82. The largest absolute Gasteiger partial charge is 0.322 e. The van der Waals surface area contributed by atoms with Crippen LogP contribution in [0, 0.1) is 29.0 Å².